The van der Waals surface area contributed by atoms with Gasteiger partial charge >= 0.3 is 0 Å². The summed E-state index contributed by atoms with van der Waals surface area (Å²) in [6, 6.07) is 3.79. The summed E-state index contributed by atoms with van der Waals surface area (Å²) in [6.45, 7) is 8.16. The first kappa shape index (κ1) is 22.1. The molecule has 3 rings (SSSR count). The van der Waals surface area contributed by atoms with Crippen LogP contribution in [0.25, 0.3) is 0 Å². The van der Waals surface area contributed by atoms with E-state index in [1.807, 2.05) is 26.0 Å². The fourth-order valence-electron chi connectivity index (χ4n) is 3.66. The van der Waals surface area contributed by atoms with Gasteiger partial charge in [-0.05, 0) is 95.4 Å². The van der Waals surface area contributed by atoms with E-state index in [1.165, 1.54) is 12.8 Å². The Morgan fingerprint density at radius 2 is 1.72 bits per heavy atom. The number of anilines is 1. The lowest BCUT2D eigenvalue weighted by atomic mass is 9.86. The smallest absolute Gasteiger partial charge is 0.227 e. The minimum atomic E-state index is -3.27. The SMILES string of the molecule is Cc1c(NC(=O)C2CCC(NS(=O)(=O)C(C)C)CC2)ccc(OCC2CC2)c1C. The number of sulfonamides is 1. The van der Waals surface area contributed by atoms with Gasteiger partial charge < -0.3 is 10.1 Å². The molecule has 2 fully saturated rings. The van der Waals surface area contributed by atoms with Gasteiger partial charge in [0.15, 0.2) is 0 Å². The molecule has 0 heterocycles. The van der Waals surface area contributed by atoms with Gasteiger partial charge in [0, 0.05) is 17.6 Å². The second-order valence-electron chi connectivity index (χ2n) is 8.87. The molecular formula is C22H34N2O4S. The third-order valence-corrected chi connectivity index (χ3v) is 8.12. The summed E-state index contributed by atoms with van der Waals surface area (Å²) in [4.78, 5) is 12.8. The van der Waals surface area contributed by atoms with Crippen LogP contribution in [0.2, 0.25) is 0 Å². The third kappa shape index (κ3) is 5.72. The first-order valence-electron chi connectivity index (χ1n) is 10.7. The van der Waals surface area contributed by atoms with Crippen molar-refractivity contribution < 1.29 is 17.9 Å². The first-order chi connectivity index (χ1) is 13.7. The molecule has 0 aliphatic heterocycles. The Kier molecular flexibility index (Phi) is 6.89. The lowest BCUT2D eigenvalue weighted by Gasteiger charge is -2.29. The molecule has 1 aromatic rings. The Bertz CT molecular complexity index is 839. The second-order valence-corrected chi connectivity index (χ2v) is 11.1. The Hall–Kier alpha value is -1.60. The maximum atomic E-state index is 12.8. The summed E-state index contributed by atoms with van der Waals surface area (Å²) in [7, 11) is -3.27. The fourth-order valence-corrected chi connectivity index (χ4v) is 4.63. The largest absolute Gasteiger partial charge is 0.493 e. The highest BCUT2D eigenvalue weighted by molar-refractivity contribution is 7.90. The summed E-state index contributed by atoms with van der Waals surface area (Å²) >= 11 is 0. The van der Waals surface area contributed by atoms with Gasteiger partial charge in [-0.3, -0.25) is 4.79 Å². The van der Waals surface area contributed by atoms with E-state index in [1.54, 1.807) is 13.8 Å². The highest BCUT2D eigenvalue weighted by Gasteiger charge is 2.30. The van der Waals surface area contributed by atoms with E-state index in [0.717, 1.165) is 29.2 Å². The standard InChI is InChI=1S/C22H34N2O4S/c1-14(2)29(26,27)24-19-9-7-18(8-10-19)22(25)23-20-11-12-21(16(4)15(20)3)28-13-17-5-6-17/h11-12,14,17-19,24H,5-10,13H2,1-4H3,(H,23,25). The predicted octanol–water partition coefficient (Wildman–Crippen LogP) is 3.92. The number of carbonyl (C=O) groups excluding carboxylic acids is 1. The van der Waals surface area contributed by atoms with Gasteiger partial charge in [0.25, 0.3) is 0 Å². The van der Waals surface area contributed by atoms with Crippen molar-refractivity contribution in [1.29, 1.82) is 0 Å². The molecule has 0 unspecified atom stereocenters. The third-order valence-electron chi connectivity index (χ3n) is 6.22. The maximum Gasteiger partial charge on any atom is 0.227 e. The molecule has 6 nitrogen and oxygen atoms in total. The van der Waals surface area contributed by atoms with Crippen molar-refractivity contribution in [2.45, 2.75) is 77.5 Å². The number of hydrogen-bond donors (Lipinski definition) is 2. The second kappa shape index (κ2) is 9.04. The number of carbonyl (C=O) groups is 1. The van der Waals surface area contributed by atoms with Gasteiger partial charge in [-0.2, -0.15) is 0 Å². The molecule has 0 spiro atoms. The van der Waals surface area contributed by atoms with Crippen molar-refractivity contribution in [1.82, 2.24) is 4.72 Å². The molecule has 29 heavy (non-hydrogen) atoms. The molecule has 2 saturated carbocycles. The van der Waals surface area contributed by atoms with Crippen LogP contribution in [0, 0.1) is 25.7 Å². The minimum Gasteiger partial charge on any atom is -0.493 e. The van der Waals surface area contributed by atoms with Crippen LogP contribution in [0.1, 0.15) is 63.5 Å². The highest BCUT2D eigenvalue weighted by Crippen LogP contribution is 2.33. The van der Waals surface area contributed by atoms with Crippen LogP contribution in [0.5, 0.6) is 5.75 Å². The van der Waals surface area contributed by atoms with E-state index >= 15 is 0 Å². The van der Waals surface area contributed by atoms with Crippen LogP contribution in [-0.4, -0.2) is 32.2 Å². The van der Waals surface area contributed by atoms with E-state index in [0.29, 0.717) is 31.6 Å². The monoisotopic (exact) mass is 422 g/mol. The molecule has 1 amide bonds. The molecule has 0 bridgehead atoms. The van der Waals surface area contributed by atoms with Crippen molar-refractivity contribution in [2.75, 3.05) is 11.9 Å². The van der Waals surface area contributed by atoms with Crippen molar-refractivity contribution in [3.63, 3.8) is 0 Å². The van der Waals surface area contributed by atoms with Crippen molar-refractivity contribution >= 4 is 21.6 Å². The molecule has 2 N–H and O–H groups in total. The van der Waals surface area contributed by atoms with Crippen LogP contribution < -0.4 is 14.8 Å². The molecule has 0 saturated heterocycles. The lowest BCUT2D eigenvalue weighted by Crippen LogP contribution is -2.42. The summed E-state index contributed by atoms with van der Waals surface area (Å²) in [5.41, 5.74) is 2.93. The zero-order valence-corrected chi connectivity index (χ0v) is 18.8. The Balaban J connectivity index is 1.53. The van der Waals surface area contributed by atoms with E-state index in [4.69, 9.17) is 4.74 Å². The van der Waals surface area contributed by atoms with Crippen molar-refractivity contribution in [2.24, 2.45) is 11.8 Å². The van der Waals surface area contributed by atoms with Gasteiger partial charge in [0.2, 0.25) is 15.9 Å². The highest BCUT2D eigenvalue weighted by atomic mass is 32.2. The zero-order chi connectivity index (χ0) is 21.2. The van der Waals surface area contributed by atoms with Crippen molar-refractivity contribution in [3.05, 3.63) is 23.3 Å². The topological polar surface area (TPSA) is 84.5 Å². The Morgan fingerprint density at radius 1 is 1.07 bits per heavy atom. The Labute approximate surface area is 174 Å². The van der Waals surface area contributed by atoms with E-state index in [2.05, 4.69) is 10.0 Å². The average molecular weight is 423 g/mol. The Morgan fingerprint density at radius 3 is 2.31 bits per heavy atom. The number of hydrogen-bond acceptors (Lipinski definition) is 4. The van der Waals surface area contributed by atoms with Gasteiger partial charge in [-0.1, -0.05) is 0 Å². The molecule has 0 aromatic heterocycles. The van der Waals surface area contributed by atoms with Gasteiger partial charge in [0.1, 0.15) is 5.75 Å². The van der Waals surface area contributed by atoms with Crippen LogP contribution in [0.4, 0.5) is 5.69 Å². The van der Waals surface area contributed by atoms with Gasteiger partial charge in [-0.25, -0.2) is 13.1 Å². The normalized spacial score (nSPS) is 22.5. The number of nitrogens with one attached hydrogen (secondary N) is 2. The van der Waals surface area contributed by atoms with Crippen LogP contribution >= 0.6 is 0 Å². The molecule has 2 aliphatic rings. The average Bonchev–Trinajstić information content (AvgIpc) is 3.49. The molecule has 2 aliphatic carbocycles. The molecule has 7 heteroatoms. The molecule has 1 aromatic carbocycles. The van der Waals surface area contributed by atoms with Gasteiger partial charge in [0.05, 0.1) is 11.9 Å². The van der Waals surface area contributed by atoms with Crippen LogP contribution in [0.15, 0.2) is 12.1 Å². The molecule has 0 atom stereocenters. The fraction of sp³-hybridized carbons (Fsp3) is 0.682. The summed E-state index contributed by atoms with van der Waals surface area (Å²) in [6.07, 6.45) is 5.28. The molecular weight excluding hydrogens is 388 g/mol. The summed E-state index contributed by atoms with van der Waals surface area (Å²) in [5.74, 6) is 1.53. The van der Waals surface area contributed by atoms with E-state index < -0.39 is 15.3 Å². The minimum absolute atomic E-state index is 0.0179. The summed E-state index contributed by atoms with van der Waals surface area (Å²) in [5, 5.41) is 2.63. The van der Waals surface area contributed by atoms with E-state index in [9.17, 15) is 13.2 Å². The number of amides is 1. The number of rotatable bonds is 8. The van der Waals surface area contributed by atoms with Crippen LogP contribution in [0.3, 0.4) is 0 Å². The lowest BCUT2D eigenvalue weighted by molar-refractivity contribution is -0.120. The predicted molar refractivity (Wildman–Crippen MR) is 116 cm³/mol. The van der Waals surface area contributed by atoms with Gasteiger partial charge in [-0.15, -0.1) is 0 Å². The van der Waals surface area contributed by atoms with Crippen LogP contribution in [-0.2, 0) is 14.8 Å². The van der Waals surface area contributed by atoms with Crippen molar-refractivity contribution in [3.8, 4) is 5.75 Å². The molecule has 0 radical (unpaired) electrons. The zero-order valence-electron chi connectivity index (χ0n) is 18.0. The number of ether oxygens (including phenoxy) is 1. The first-order valence-corrected chi connectivity index (χ1v) is 12.3. The quantitative estimate of drug-likeness (QED) is 0.665. The molecule has 162 valence electrons. The summed E-state index contributed by atoms with van der Waals surface area (Å²) < 4.78 is 32.8. The number of benzene rings is 1. The maximum absolute atomic E-state index is 12.8. The van der Waals surface area contributed by atoms with E-state index in [-0.39, 0.29) is 17.9 Å².